The van der Waals surface area contributed by atoms with Gasteiger partial charge >= 0.3 is 0 Å². The molecule has 0 aliphatic heterocycles. The fourth-order valence-corrected chi connectivity index (χ4v) is 2.90. The summed E-state index contributed by atoms with van der Waals surface area (Å²) in [6, 6.07) is 19.1. The van der Waals surface area contributed by atoms with E-state index in [0.717, 1.165) is 16.3 Å². The van der Waals surface area contributed by atoms with Gasteiger partial charge in [-0.2, -0.15) is 0 Å². The third-order valence-electron chi connectivity index (χ3n) is 4.62. The van der Waals surface area contributed by atoms with Crippen molar-refractivity contribution in [3.63, 3.8) is 0 Å². The molecule has 5 nitrogen and oxygen atoms in total. The monoisotopic (exact) mass is 376 g/mol. The number of aryl methyl sites for hydroxylation is 2. The Bertz CT molecular complexity index is 993. The summed E-state index contributed by atoms with van der Waals surface area (Å²) in [4.78, 5) is 24.3. The average Bonchev–Trinajstić information content (AvgIpc) is 2.71. The van der Waals surface area contributed by atoms with Crippen LogP contribution in [0.25, 0.3) is 10.8 Å². The Morgan fingerprint density at radius 2 is 1.61 bits per heavy atom. The van der Waals surface area contributed by atoms with Crippen LogP contribution in [-0.2, 0) is 4.79 Å². The van der Waals surface area contributed by atoms with Crippen molar-refractivity contribution in [3.8, 4) is 5.75 Å². The van der Waals surface area contributed by atoms with Crippen molar-refractivity contribution in [1.82, 2.24) is 10.6 Å². The molecule has 0 saturated heterocycles. The Hall–Kier alpha value is -3.34. The quantitative estimate of drug-likeness (QED) is 0.621. The number of carbonyl (C=O) groups excluding carboxylic acids is 2. The highest BCUT2D eigenvalue weighted by Crippen LogP contribution is 2.18. The third-order valence-corrected chi connectivity index (χ3v) is 4.62. The van der Waals surface area contributed by atoms with E-state index in [0.29, 0.717) is 24.4 Å². The standard InChI is InChI=1S/C23H24N2O3/c1-16-10-11-19(14-17(16)2)28-15-22(26)24-12-13-25-23(27)21-9-5-7-18-6-3-4-8-20(18)21/h3-11,14H,12-13,15H2,1-2H3,(H,24,26)(H,25,27). The minimum atomic E-state index is -0.224. The van der Waals surface area contributed by atoms with Gasteiger partial charge in [-0.3, -0.25) is 9.59 Å². The molecule has 28 heavy (non-hydrogen) atoms. The first-order valence-electron chi connectivity index (χ1n) is 9.27. The highest BCUT2D eigenvalue weighted by atomic mass is 16.5. The normalized spacial score (nSPS) is 10.5. The van der Waals surface area contributed by atoms with Crippen molar-refractivity contribution >= 4 is 22.6 Å². The van der Waals surface area contributed by atoms with Crippen LogP contribution in [0.1, 0.15) is 21.5 Å². The maximum absolute atomic E-state index is 12.4. The Morgan fingerprint density at radius 1 is 0.857 bits per heavy atom. The Labute approximate surface area is 164 Å². The lowest BCUT2D eigenvalue weighted by Gasteiger charge is -2.10. The maximum atomic E-state index is 12.4. The number of ether oxygens (including phenoxy) is 1. The largest absolute Gasteiger partial charge is 0.484 e. The predicted molar refractivity (Wildman–Crippen MR) is 111 cm³/mol. The molecule has 0 unspecified atom stereocenters. The van der Waals surface area contributed by atoms with Gasteiger partial charge in [0.15, 0.2) is 6.61 Å². The topological polar surface area (TPSA) is 67.4 Å². The fraction of sp³-hybridized carbons (Fsp3) is 0.217. The van der Waals surface area contributed by atoms with E-state index in [-0.39, 0.29) is 18.4 Å². The van der Waals surface area contributed by atoms with Gasteiger partial charge in [0.05, 0.1) is 0 Å². The molecule has 0 fully saturated rings. The summed E-state index contributed by atoms with van der Waals surface area (Å²) in [6.07, 6.45) is 0. The molecule has 3 rings (SSSR count). The number of fused-ring (bicyclic) bond motifs is 1. The molecule has 0 radical (unpaired) electrons. The van der Waals surface area contributed by atoms with Crippen LogP contribution in [0.3, 0.4) is 0 Å². The van der Waals surface area contributed by atoms with Gasteiger partial charge in [-0.05, 0) is 53.9 Å². The number of benzene rings is 3. The van der Waals surface area contributed by atoms with Crippen LogP contribution < -0.4 is 15.4 Å². The van der Waals surface area contributed by atoms with E-state index in [1.54, 1.807) is 6.07 Å². The van der Waals surface area contributed by atoms with Crippen LogP contribution in [0.15, 0.2) is 60.7 Å². The maximum Gasteiger partial charge on any atom is 0.258 e. The second-order valence-corrected chi connectivity index (χ2v) is 6.67. The van der Waals surface area contributed by atoms with E-state index in [4.69, 9.17) is 4.74 Å². The van der Waals surface area contributed by atoms with Crippen LogP contribution in [-0.4, -0.2) is 31.5 Å². The fourth-order valence-electron chi connectivity index (χ4n) is 2.90. The molecule has 0 heterocycles. The number of carbonyl (C=O) groups is 2. The third kappa shape index (κ3) is 4.88. The van der Waals surface area contributed by atoms with Gasteiger partial charge in [0.2, 0.25) is 0 Å². The summed E-state index contributed by atoms with van der Waals surface area (Å²) in [7, 11) is 0. The van der Waals surface area contributed by atoms with E-state index in [1.807, 2.05) is 68.4 Å². The van der Waals surface area contributed by atoms with E-state index in [1.165, 1.54) is 5.56 Å². The predicted octanol–water partition coefficient (Wildman–Crippen LogP) is 3.38. The number of nitrogens with one attached hydrogen (secondary N) is 2. The molecule has 0 saturated carbocycles. The van der Waals surface area contributed by atoms with Gasteiger partial charge in [0.1, 0.15) is 5.75 Å². The van der Waals surface area contributed by atoms with E-state index in [9.17, 15) is 9.59 Å². The van der Waals surface area contributed by atoms with Crippen LogP contribution in [0.2, 0.25) is 0 Å². The van der Waals surface area contributed by atoms with E-state index >= 15 is 0 Å². The summed E-state index contributed by atoms with van der Waals surface area (Å²) >= 11 is 0. The second-order valence-electron chi connectivity index (χ2n) is 6.67. The van der Waals surface area contributed by atoms with Crippen molar-refractivity contribution in [3.05, 3.63) is 77.4 Å². The highest BCUT2D eigenvalue weighted by Gasteiger charge is 2.09. The van der Waals surface area contributed by atoms with Crippen LogP contribution in [0.5, 0.6) is 5.75 Å². The molecule has 0 spiro atoms. The van der Waals surface area contributed by atoms with E-state index in [2.05, 4.69) is 10.6 Å². The summed E-state index contributed by atoms with van der Waals surface area (Å²) in [5.74, 6) is 0.289. The van der Waals surface area contributed by atoms with Crippen molar-refractivity contribution in [2.75, 3.05) is 19.7 Å². The first kappa shape index (κ1) is 19.4. The molecule has 144 valence electrons. The smallest absolute Gasteiger partial charge is 0.258 e. The molecular weight excluding hydrogens is 352 g/mol. The van der Waals surface area contributed by atoms with Gasteiger partial charge in [-0.15, -0.1) is 0 Å². The molecule has 0 aliphatic carbocycles. The molecule has 0 atom stereocenters. The SMILES string of the molecule is Cc1ccc(OCC(=O)NCCNC(=O)c2cccc3ccccc23)cc1C. The zero-order chi connectivity index (χ0) is 19.9. The molecule has 2 amide bonds. The zero-order valence-corrected chi connectivity index (χ0v) is 16.1. The lowest BCUT2D eigenvalue weighted by atomic mass is 10.0. The zero-order valence-electron chi connectivity index (χ0n) is 16.1. The lowest BCUT2D eigenvalue weighted by Crippen LogP contribution is -2.36. The average molecular weight is 376 g/mol. The number of amides is 2. The molecular formula is C23H24N2O3. The summed E-state index contributed by atoms with van der Waals surface area (Å²) in [6.45, 7) is 4.65. The first-order valence-corrected chi connectivity index (χ1v) is 9.27. The van der Waals surface area contributed by atoms with Crippen molar-refractivity contribution in [2.45, 2.75) is 13.8 Å². The number of hydrogen-bond acceptors (Lipinski definition) is 3. The van der Waals surface area contributed by atoms with Crippen LogP contribution >= 0.6 is 0 Å². The Morgan fingerprint density at radius 3 is 2.43 bits per heavy atom. The summed E-state index contributed by atoms with van der Waals surface area (Å²) in [5, 5.41) is 7.51. The molecule has 3 aromatic rings. The molecule has 3 aromatic carbocycles. The highest BCUT2D eigenvalue weighted by molar-refractivity contribution is 6.07. The van der Waals surface area contributed by atoms with E-state index < -0.39 is 0 Å². The Balaban J connectivity index is 1.43. The Kier molecular flexibility index (Phi) is 6.27. The van der Waals surface area contributed by atoms with Crippen molar-refractivity contribution in [1.29, 1.82) is 0 Å². The minimum Gasteiger partial charge on any atom is -0.484 e. The van der Waals surface area contributed by atoms with Gasteiger partial charge < -0.3 is 15.4 Å². The number of hydrogen-bond donors (Lipinski definition) is 2. The van der Waals surface area contributed by atoms with Gasteiger partial charge in [0, 0.05) is 18.7 Å². The van der Waals surface area contributed by atoms with Gasteiger partial charge in [0.25, 0.3) is 11.8 Å². The minimum absolute atomic E-state index is 0.0558. The van der Waals surface area contributed by atoms with Gasteiger partial charge in [-0.25, -0.2) is 0 Å². The van der Waals surface area contributed by atoms with Crippen LogP contribution in [0, 0.1) is 13.8 Å². The molecule has 0 aromatic heterocycles. The second kappa shape index (κ2) is 9.04. The first-order chi connectivity index (χ1) is 13.5. The van der Waals surface area contributed by atoms with Crippen LogP contribution in [0.4, 0.5) is 0 Å². The molecule has 5 heteroatoms. The van der Waals surface area contributed by atoms with Gasteiger partial charge in [-0.1, -0.05) is 42.5 Å². The molecule has 2 N–H and O–H groups in total. The van der Waals surface area contributed by atoms with Crippen molar-refractivity contribution < 1.29 is 14.3 Å². The van der Waals surface area contributed by atoms with Crippen molar-refractivity contribution in [2.24, 2.45) is 0 Å². The lowest BCUT2D eigenvalue weighted by molar-refractivity contribution is -0.123. The molecule has 0 aliphatic rings. The summed E-state index contributed by atoms with van der Waals surface area (Å²) < 4.78 is 5.50. The number of rotatable bonds is 7. The molecule has 0 bridgehead atoms. The summed E-state index contributed by atoms with van der Waals surface area (Å²) in [5.41, 5.74) is 2.93.